The molecule has 20 heavy (non-hydrogen) atoms. The SMILES string of the molecule is Cc1noc(C2CN(C(=O)c3ccc(Cl)cc3Cl)C2)n1. The Hall–Kier alpha value is -1.59. The van der Waals surface area contributed by atoms with Gasteiger partial charge in [0.1, 0.15) is 0 Å². The monoisotopic (exact) mass is 311 g/mol. The molecule has 0 N–H and O–H groups in total. The number of benzene rings is 1. The van der Waals surface area contributed by atoms with Crippen LogP contribution in [0.3, 0.4) is 0 Å². The first-order chi connectivity index (χ1) is 9.54. The molecule has 1 saturated heterocycles. The lowest BCUT2D eigenvalue weighted by molar-refractivity contribution is 0.0569. The highest BCUT2D eigenvalue weighted by molar-refractivity contribution is 6.36. The largest absolute Gasteiger partial charge is 0.339 e. The number of carbonyl (C=O) groups excluding carboxylic acids is 1. The average molecular weight is 312 g/mol. The number of rotatable bonds is 2. The van der Waals surface area contributed by atoms with E-state index in [-0.39, 0.29) is 11.8 Å². The molecule has 0 aliphatic carbocycles. The fourth-order valence-electron chi connectivity index (χ4n) is 2.11. The lowest BCUT2D eigenvalue weighted by Crippen LogP contribution is -2.48. The summed E-state index contributed by atoms with van der Waals surface area (Å²) < 4.78 is 5.10. The van der Waals surface area contributed by atoms with E-state index in [1.54, 1.807) is 30.0 Å². The van der Waals surface area contributed by atoms with E-state index in [0.29, 0.717) is 40.4 Å². The highest BCUT2D eigenvalue weighted by Gasteiger charge is 2.36. The number of carbonyl (C=O) groups is 1. The molecule has 2 heterocycles. The van der Waals surface area contributed by atoms with Gasteiger partial charge in [0.25, 0.3) is 5.91 Å². The molecule has 1 aromatic carbocycles. The van der Waals surface area contributed by atoms with Crippen LogP contribution in [0.25, 0.3) is 0 Å². The van der Waals surface area contributed by atoms with E-state index >= 15 is 0 Å². The second-order valence-corrected chi connectivity index (χ2v) is 5.55. The molecule has 0 unspecified atom stereocenters. The van der Waals surface area contributed by atoms with Crippen molar-refractivity contribution in [2.24, 2.45) is 0 Å². The summed E-state index contributed by atoms with van der Waals surface area (Å²) in [5.41, 5.74) is 0.455. The summed E-state index contributed by atoms with van der Waals surface area (Å²) in [7, 11) is 0. The van der Waals surface area contributed by atoms with E-state index in [2.05, 4.69) is 10.1 Å². The second-order valence-electron chi connectivity index (χ2n) is 4.71. The van der Waals surface area contributed by atoms with Crippen molar-refractivity contribution in [3.8, 4) is 0 Å². The van der Waals surface area contributed by atoms with Crippen LogP contribution in [0.15, 0.2) is 22.7 Å². The quantitative estimate of drug-likeness (QED) is 0.855. The second kappa shape index (κ2) is 5.07. The Balaban J connectivity index is 1.69. The average Bonchev–Trinajstić information content (AvgIpc) is 2.73. The van der Waals surface area contributed by atoms with Crippen LogP contribution in [0.1, 0.15) is 28.0 Å². The van der Waals surface area contributed by atoms with Crippen molar-refractivity contribution >= 4 is 29.1 Å². The van der Waals surface area contributed by atoms with Crippen molar-refractivity contribution < 1.29 is 9.32 Å². The Labute approximate surface area is 125 Å². The third-order valence-corrected chi connectivity index (χ3v) is 3.77. The minimum Gasteiger partial charge on any atom is -0.339 e. The maximum absolute atomic E-state index is 12.3. The molecule has 5 nitrogen and oxygen atoms in total. The third kappa shape index (κ3) is 2.39. The standard InChI is InChI=1S/C13H11Cl2N3O2/c1-7-16-12(20-17-7)8-5-18(6-8)13(19)10-3-2-9(14)4-11(10)15/h2-4,8H,5-6H2,1H3. The predicted octanol–water partition coefficient (Wildman–Crippen LogP) is 2.92. The minimum atomic E-state index is -0.112. The molecule has 2 aromatic rings. The van der Waals surface area contributed by atoms with E-state index in [1.165, 1.54) is 0 Å². The van der Waals surface area contributed by atoms with Crippen LogP contribution in [0.4, 0.5) is 0 Å². The first-order valence-electron chi connectivity index (χ1n) is 6.09. The number of likely N-dealkylation sites (tertiary alicyclic amines) is 1. The van der Waals surface area contributed by atoms with Crippen LogP contribution in [-0.2, 0) is 0 Å². The lowest BCUT2D eigenvalue weighted by Gasteiger charge is -2.37. The van der Waals surface area contributed by atoms with Crippen molar-refractivity contribution in [1.29, 1.82) is 0 Å². The first-order valence-corrected chi connectivity index (χ1v) is 6.84. The van der Waals surface area contributed by atoms with Crippen LogP contribution in [-0.4, -0.2) is 34.0 Å². The van der Waals surface area contributed by atoms with Gasteiger partial charge >= 0.3 is 0 Å². The number of aromatic nitrogens is 2. The molecular weight excluding hydrogens is 301 g/mol. The van der Waals surface area contributed by atoms with Crippen LogP contribution in [0, 0.1) is 6.92 Å². The fraction of sp³-hybridized carbons (Fsp3) is 0.308. The van der Waals surface area contributed by atoms with Crippen molar-refractivity contribution in [1.82, 2.24) is 15.0 Å². The van der Waals surface area contributed by atoms with Gasteiger partial charge < -0.3 is 9.42 Å². The zero-order valence-electron chi connectivity index (χ0n) is 10.6. The molecular formula is C13H11Cl2N3O2. The molecule has 0 spiro atoms. The Morgan fingerprint density at radius 1 is 1.40 bits per heavy atom. The van der Waals surface area contributed by atoms with Gasteiger partial charge in [-0.05, 0) is 25.1 Å². The fourth-order valence-corrected chi connectivity index (χ4v) is 2.60. The van der Waals surface area contributed by atoms with E-state index in [4.69, 9.17) is 27.7 Å². The summed E-state index contributed by atoms with van der Waals surface area (Å²) >= 11 is 11.9. The van der Waals surface area contributed by atoms with E-state index < -0.39 is 0 Å². The summed E-state index contributed by atoms with van der Waals surface area (Å²) in [5.74, 6) is 1.17. The Morgan fingerprint density at radius 3 is 2.75 bits per heavy atom. The maximum atomic E-state index is 12.3. The van der Waals surface area contributed by atoms with Gasteiger partial charge in [-0.1, -0.05) is 28.4 Å². The Bertz CT molecular complexity index is 665. The molecule has 0 atom stereocenters. The van der Waals surface area contributed by atoms with E-state index in [0.717, 1.165) is 0 Å². The Morgan fingerprint density at radius 2 is 2.15 bits per heavy atom. The van der Waals surface area contributed by atoms with Crippen molar-refractivity contribution in [2.75, 3.05) is 13.1 Å². The summed E-state index contributed by atoms with van der Waals surface area (Å²) in [6, 6.07) is 4.85. The number of nitrogens with zero attached hydrogens (tertiary/aromatic N) is 3. The number of aryl methyl sites for hydroxylation is 1. The number of amides is 1. The molecule has 1 aromatic heterocycles. The minimum absolute atomic E-state index is 0.103. The molecule has 0 bridgehead atoms. The van der Waals surface area contributed by atoms with Crippen molar-refractivity contribution in [3.05, 3.63) is 45.5 Å². The van der Waals surface area contributed by atoms with Gasteiger partial charge in [0.15, 0.2) is 5.82 Å². The molecule has 3 rings (SSSR count). The van der Waals surface area contributed by atoms with E-state index in [1.807, 2.05) is 0 Å². The highest BCUT2D eigenvalue weighted by Crippen LogP contribution is 2.29. The van der Waals surface area contributed by atoms with Gasteiger partial charge in [0.2, 0.25) is 5.89 Å². The van der Waals surface area contributed by atoms with Crippen molar-refractivity contribution in [3.63, 3.8) is 0 Å². The predicted molar refractivity (Wildman–Crippen MR) is 74.1 cm³/mol. The summed E-state index contributed by atoms with van der Waals surface area (Å²) in [5, 5.41) is 4.62. The van der Waals surface area contributed by atoms with Gasteiger partial charge in [-0.2, -0.15) is 4.98 Å². The normalized spacial score (nSPS) is 15.2. The van der Waals surface area contributed by atoms with Crippen molar-refractivity contribution in [2.45, 2.75) is 12.8 Å². The molecule has 7 heteroatoms. The molecule has 0 radical (unpaired) electrons. The van der Waals surface area contributed by atoms with Gasteiger partial charge in [0, 0.05) is 18.1 Å². The van der Waals surface area contributed by atoms with Gasteiger partial charge in [-0.25, -0.2) is 0 Å². The molecule has 1 aliphatic rings. The lowest BCUT2D eigenvalue weighted by atomic mass is 9.99. The van der Waals surface area contributed by atoms with Crippen LogP contribution in [0.5, 0.6) is 0 Å². The van der Waals surface area contributed by atoms with Crippen LogP contribution >= 0.6 is 23.2 Å². The number of hydrogen-bond donors (Lipinski definition) is 0. The number of hydrogen-bond acceptors (Lipinski definition) is 4. The topological polar surface area (TPSA) is 59.2 Å². The van der Waals surface area contributed by atoms with E-state index in [9.17, 15) is 4.79 Å². The first kappa shape index (κ1) is 13.4. The highest BCUT2D eigenvalue weighted by atomic mass is 35.5. The molecule has 1 aliphatic heterocycles. The number of halogens is 2. The Kier molecular flexibility index (Phi) is 3.40. The molecule has 1 fully saturated rings. The molecule has 104 valence electrons. The molecule has 1 amide bonds. The van der Waals surface area contributed by atoms with Gasteiger partial charge in [-0.15, -0.1) is 0 Å². The third-order valence-electron chi connectivity index (χ3n) is 3.22. The zero-order chi connectivity index (χ0) is 14.3. The van der Waals surface area contributed by atoms with Crippen LogP contribution < -0.4 is 0 Å². The maximum Gasteiger partial charge on any atom is 0.255 e. The molecule has 0 saturated carbocycles. The van der Waals surface area contributed by atoms with Gasteiger partial charge in [0.05, 0.1) is 16.5 Å². The summed E-state index contributed by atoms with van der Waals surface area (Å²) in [6.07, 6.45) is 0. The smallest absolute Gasteiger partial charge is 0.255 e. The summed E-state index contributed by atoms with van der Waals surface area (Å²) in [6.45, 7) is 2.88. The van der Waals surface area contributed by atoms with Gasteiger partial charge in [-0.3, -0.25) is 4.79 Å². The zero-order valence-corrected chi connectivity index (χ0v) is 12.1. The van der Waals surface area contributed by atoms with Crippen LogP contribution in [0.2, 0.25) is 10.0 Å². The summed E-state index contributed by atoms with van der Waals surface area (Å²) in [4.78, 5) is 18.1.